The number of nitrogen functional groups attached to an aromatic ring is 1. The molecular formula is C25H32N4O. The molecule has 1 heterocycles. The van der Waals surface area contributed by atoms with Crippen LogP contribution in [-0.4, -0.2) is 41.6 Å². The second-order valence-electron chi connectivity index (χ2n) is 8.43. The molecule has 4 rings (SSSR count). The molecule has 3 aromatic rings. The fourth-order valence-electron chi connectivity index (χ4n) is 4.54. The van der Waals surface area contributed by atoms with Crippen LogP contribution in [0.3, 0.4) is 0 Å². The quantitative estimate of drug-likeness (QED) is 0.578. The van der Waals surface area contributed by atoms with Gasteiger partial charge in [-0.05, 0) is 49.0 Å². The smallest absolute Gasteiger partial charge is 0.239 e. The van der Waals surface area contributed by atoms with Gasteiger partial charge >= 0.3 is 0 Å². The van der Waals surface area contributed by atoms with Crippen LogP contribution in [0.5, 0.6) is 0 Å². The van der Waals surface area contributed by atoms with E-state index in [-0.39, 0.29) is 5.91 Å². The monoisotopic (exact) mass is 404 g/mol. The molecule has 1 saturated carbocycles. The van der Waals surface area contributed by atoms with Gasteiger partial charge in [-0.15, -0.1) is 0 Å². The number of hydrogen-bond acceptors (Lipinski definition) is 3. The van der Waals surface area contributed by atoms with Gasteiger partial charge in [0.05, 0.1) is 0 Å². The fourth-order valence-corrected chi connectivity index (χ4v) is 4.54. The lowest BCUT2D eigenvalue weighted by Crippen LogP contribution is -2.40. The summed E-state index contributed by atoms with van der Waals surface area (Å²) >= 11 is 0. The molecule has 2 aromatic carbocycles. The van der Waals surface area contributed by atoms with Crippen molar-refractivity contribution >= 4 is 22.5 Å². The third-order valence-electron chi connectivity index (χ3n) is 6.34. The molecule has 1 aliphatic carbocycles. The lowest BCUT2D eigenvalue weighted by molar-refractivity contribution is -0.121. The Hall–Kier alpha value is -2.79. The van der Waals surface area contributed by atoms with Gasteiger partial charge in [0.25, 0.3) is 0 Å². The molecule has 0 radical (unpaired) electrons. The van der Waals surface area contributed by atoms with E-state index in [1.54, 1.807) is 0 Å². The van der Waals surface area contributed by atoms with Gasteiger partial charge in [-0.3, -0.25) is 4.79 Å². The van der Waals surface area contributed by atoms with E-state index in [0.717, 1.165) is 34.3 Å². The second kappa shape index (κ2) is 9.35. The van der Waals surface area contributed by atoms with Crippen LogP contribution < -0.4 is 11.1 Å². The first kappa shape index (κ1) is 20.5. The second-order valence-corrected chi connectivity index (χ2v) is 8.43. The summed E-state index contributed by atoms with van der Waals surface area (Å²) in [6.07, 6.45) is 8.58. The molecule has 1 aliphatic rings. The minimum absolute atomic E-state index is 0.0502. The predicted octanol–water partition coefficient (Wildman–Crippen LogP) is 4.27. The van der Waals surface area contributed by atoms with Crippen LogP contribution in [0.15, 0.2) is 54.7 Å². The molecule has 0 atom stereocenters. The number of nitrogens with two attached hydrogens (primary N) is 1. The fraction of sp³-hybridized carbons (Fsp3) is 0.400. The van der Waals surface area contributed by atoms with Gasteiger partial charge in [0, 0.05) is 42.1 Å². The van der Waals surface area contributed by atoms with E-state index in [1.807, 2.05) is 35.0 Å². The number of amides is 1. The minimum Gasteiger partial charge on any atom is -0.398 e. The van der Waals surface area contributed by atoms with Crippen molar-refractivity contribution in [3.05, 3.63) is 54.7 Å². The van der Waals surface area contributed by atoms with Crippen molar-refractivity contribution in [2.45, 2.75) is 44.7 Å². The third kappa shape index (κ3) is 4.68. The lowest BCUT2D eigenvalue weighted by atomic mass is 9.94. The number of aromatic nitrogens is 1. The van der Waals surface area contributed by atoms with Crippen molar-refractivity contribution in [1.29, 1.82) is 0 Å². The number of carbonyl (C=O) groups is 1. The third-order valence-corrected chi connectivity index (χ3v) is 6.34. The molecule has 3 N–H and O–H groups in total. The molecule has 1 fully saturated rings. The predicted molar refractivity (Wildman–Crippen MR) is 124 cm³/mol. The molecule has 158 valence electrons. The summed E-state index contributed by atoms with van der Waals surface area (Å²) in [6, 6.07) is 16.9. The van der Waals surface area contributed by atoms with Crippen LogP contribution >= 0.6 is 0 Å². The van der Waals surface area contributed by atoms with Gasteiger partial charge in [0.15, 0.2) is 0 Å². The maximum absolute atomic E-state index is 12.6. The first-order valence-corrected chi connectivity index (χ1v) is 11.0. The number of para-hydroxylation sites is 1. The minimum atomic E-state index is 0.0502. The summed E-state index contributed by atoms with van der Waals surface area (Å²) < 4.78 is 2.01. The van der Waals surface area contributed by atoms with Crippen LogP contribution in [0.4, 0.5) is 5.69 Å². The highest BCUT2D eigenvalue weighted by Gasteiger charge is 2.17. The van der Waals surface area contributed by atoms with Crippen LogP contribution in [0.1, 0.15) is 32.1 Å². The molecular weight excluding hydrogens is 372 g/mol. The number of nitrogens with zero attached hydrogens (tertiary/aromatic N) is 2. The number of anilines is 1. The van der Waals surface area contributed by atoms with Crippen LogP contribution in [0.25, 0.3) is 22.0 Å². The largest absolute Gasteiger partial charge is 0.398 e. The Labute approximate surface area is 178 Å². The molecule has 0 aliphatic heterocycles. The number of likely N-dealkylation sites (N-methyl/N-ethyl adjacent to an activating group) is 1. The first-order valence-electron chi connectivity index (χ1n) is 11.0. The summed E-state index contributed by atoms with van der Waals surface area (Å²) in [5.41, 5.74) is 10.0. The zero-order valence-electron chi connectivity index (χ0n) is 17.8. The Balaban J connectivity index is 1.38. The molecule has 30 heavy (non-hydrogen) atoms. The van der Waals surface area contributed by atoms with Gasteiger partial charge in [0.2, 0.25) is 5.91 Å². The average molecular weight is 405 g/mol. The number of benzene rings is 2. The maximum Gasteiger partial charge on any atom is 0.239 e. The van der Waals surface area contributed by atoms with Crippen LogP contribution in [0, 0.1) is 0 Å². The standard InChI is InChI=1S/C25H32N4O/c1-28(21-7-3-2-4-8-21)16-14-27-25(30)18-29-15-13-19-11-12-20(17-24(19)29)22-9-5-6-10-23(22)26/h5-6,9-13,15,17,21H,2-4,7-8,14,16,18,26H2,1H3,(H,27,30). The zero-order chi connectivity index (χ0) is 20.9. The summed E-state index contributed by atoms with van der Waals surface area (Å²) in [7, 11) is 2.18. The van der Waals surface area contributed by atoms with Crippen LogP contribution in [0.2, 0.25) is 0 Å². The number of carbonyl (C=O) groups excluding carboxylic acids is 1. The van der Waals surface area contributed by atoms with Gasteiger partial charge in [-0.1, -0.05) is 49.6 Å². The van der Waals surface area contributed by atoms with Crippen molar-refractivity contribution in [3.63, 3.8) is 0 Å². The van der Waals surface area contributed by atoms with E-state index in [0.29, 0.717) is 19.1 Å². The number of hydrogen-bond donors (Lipinski definition) is 2. The number of fused-ring (bicyclic) bond motifs is 1. The van der Waals surface area contributed by atoms with E-state index in [4.69, 9.17) is 5.73 Å². The Bertz CT molecular complexity index is 1000. The van der Waals surface area contributed by atoms with E-state index in [9.17, 15) is 4.79 Å². The van der Waals surface area contributed by atoms with E-state index < -0.39 is 0 Å². The maximum atomic E-state index is 12.6. The van der Waals surface area contributed by atoms with Gasteiger partial charge in [-0.2, -0.15) is 0 Å². The topological polar surface area (TPSA) is 63.3 Å². The molecule has 1 amide bonds. The summed E-state index contributed by atoms with van der Waals surface area (Å²) in [6.45, 7) is 1.92. The lowest BCUT2D eigenvalue weighted by Gasteiger charge is -2.31. The highest BCUT2D eigenvalue weighted by atomic mass is 16.1. The molecule has 0 unspecified atom stereocenters. The highest BCUT2D eigenvalue weighted by Crippen LogP contribution is 2.29. The molecule has 0 bridgehead atoms. The van der Waals surface area contributed by atoms with Crippen molar-refractivity contribution in [3.8, 4) is 11.1 Å². The Morgan fingerprint density at radius 1 is 1.13 bits per heavy atom. The van der Waals surface area contributed by atoms with Gasteiger partial charge in [-0.25, -0.2) is 0 Å². The molecule has 0 spiro atoms. The zero-order valence-corrected chi connectivity index (χ0v) is 17.8. The highest BCUT2D eigenvalue weighted by molar-refractivity contribution is 5.89. The van der Waals surface area contributed by atoms with E-state index in [2.05, 4.69) is 41.5 Å². The van der Waals surface area contributed by atoms with Gasteiger partial charge in [0.1, 0.15) is 6.54 Å². The summed E-state index contributed by atoms with van der Waals surface area (Å²) in [4.78, 5) is 15.0. The Morgan fingerprint density at radius 2 is 1.93 bits per heavy atom. The number of rotatable bonds is 7. The van der Waals surface area contributed by atoms with E-state index in [1.165, 1.54) is 32.1 Å². The van der Waals surface area contributed by atoms with Crippen LogP contribution in [-0.2, 0) is 11.3 Å². The van der Waals surface area contributed by atoms with Crippen molar-refractivity contribution < 1.29 is 4.79 Å². The van der Waals surface area contributed by atoms with E-state index >= 15 is 0 Å². The van der Waals surface area contributed by atoms with Crippen molar-refractivity contribution in [2.75, 3.05) is 25.9 Å². The summed E-state index contributed by atoms with van der Waals surface area (Å²) in [5, 5.41) is 4.21. The van der Waals surface area contributed by atoms with Crippen molar-refractivity contribution in [1.82, 2.24) is 14.8 Å². The number of nitrogens with one attached hydrogen (secondary N) is 1. The molecule has 5 heteroatoms. The normalized spacial score (nSPS) is 15.0. The van der Waals surface area contributed by atoms with Gasteiger partial charge < -0.3 is 20.5 Å². The molecule has 1 aromatic heterocycles. The Morgan fingerprint density at radius 3 is 2.73 bits per heavy atom. The Kier molecular flexibility index (Phi) is 6.38. The molecule has 5 nitrogen and oxygen atoms in total. The first-order chi connectivity index (χ1) is 14.6. The average Bonchev–Trinajstić information content (AvgIpc) is 3.16. The summed E-state index contributed by atoms with van der Waals surface area (Å²) in [5.74, 6) is 0.0502. The van der Waals surface area contributed by atoms with Crippen molar-refractivity contribution in [2.24, 2.45) is 0 Å². The molecule has 0 saturated heterocycles. The SMILES string of the molecule is CN(CCNC(=O)Cn1ccc2ccc(-c3ccccc3N)cc21)C1CCCCC1.